The molecule has 0 radical (unpaired) electrons. The van der Waals surface area contributed by atoms with Crippen molar-refractivity contribution in [1.29, 1.82) is 0 Å². The van der Waals surface area contributed by atoms with Crippen LogP contribution >= 0.6 is 11.6 Å². The molecule has 2 nitrogen and oxygen atoms in total. The van der Waals surface area contributed by atoms with Crippen molar-refractivity contribution in [2.24, 2.45) is 5.73 Å². The predicted octanol–water partition coefficient (Wildman–Crippen LogP) is 3.47. The van der Waals surface area contributed by atoms with Gasteiger partial charge < -0.3 is 5.73 Å². The van der Waals surface area contributed by atoms with E-state index in [2.05, 4.69) is 30.9 Å². The highest BCUT2D eigenvalue weighted by Gasteiger charge is 2.28. The molecule has 1 aliphatic rings. The van der Waals surface area contributed by atoms with Gasteiger partial charge in [-0.05, 0) is 57.4 Å². The number of likely N-dealkylation sites (tertiary alicyclic amines) is 1. The summed E-state index contributed by atoms with van der Waals surface area (Å²) in [6.45, 7) is 5.63. The molecular formula is C16H25ClN2. The van der Waals surface area contributed by atoms with Gasteiger partial charge in [0, 0.05) is 23.1 Å². The largest absolute Gasteiger partial charge is 0.327 e. The first-order chi connectivity index (χ1) is 9.08. The van der Waals surface area contributed by atoms with Crippen molar-refractivity contribution >= 4 is 11.6 Å². The molecule has 0 saturated carbocycles. The van der Waals surface area contributed by atoms with Crippen LogP contribution in [-0.4, -0.2) is 29.6 Å². The molecule has 3 heteroatoms. The molecule has 19 heavy (non-hydrogen) atoms. The molecule has 1 aromatic rings. The first kappa shape index (κ1) is 14.8. The summed E-state index contributed by atoms with van der Waals surface area (Å²) < 4.78 is 0. The molecule has 0 aromatic heterocycles. The van der Waals surface area contributed by atoms with Crippen molar-refractivity contribution < 1.29 is 0 Å². The van der Waals surface area contributed by atoms with Gasteiger partial charge >= 0.3 is 0 Å². The smallest absolute Gasteiger partial charge is 0.0406 e. The number of hydrogen-bond donors (Lipinski definition) is 1. The number of nitrogens with two attached hydrogens (primary N) is 1. The van der Waals surface area contributed by atoms with Crippen LogP contribution < -0.4 is 5.73 Å². The van der Waals surface area contributed by atoms with Crippen molar-refractivity contribution in [1.82, 2.24) is 4.90 Å². The second-order valence-corrected chi connectivity index (χ2v) is 6.28. The Bertz CT molecular complexity index is 388. The monoisotopic (exact) mass is 280 g/mol. The van der Waals surface area contributed by atoms with Gasteiger partial charge in [0.2, 0.25) is 0 Å². The zero-order chi connectivity index (χ0) is 13.8. The minimum Gasteiger partial charge on any atom is -0.327 e. The van der Waals surface area contributed by atoms with Crippen LogP contribution in [0.3, 0.4) is 0 Å². The molecule has 2 rings (SSSR count). The van der Waals surface area contributed by atoms with Crippen molar-refractivity contribution in [2.75, 3.05) is 6.54 Å². The van der Waals surface area contributed by atoms with Gasteiger partial charge in [0.1, 0.15) is 0 Å². The van der Waals surface area contributed by atoms with Crippen LogP contribution in [0.25, 0.3) is 0 Å². The Hall–Kier alpha value is -0.570. The Morgan fingerprint density at radius 1 is 1.26 bits per heavy atom. The molecule has 0 aliphatic carbocycles. The van der Waals surface area contributed by atoms with Gasteiger partial charge in [0.15, 0.2) is 0 Å². The highest BCUT2D eigenvalue weighted by atomic mass is 35.5. The minimum absolute atomic E-state index is 0.257. The third-order valence-corrected chi connectivity index (χ3v) is 4.46. The van der Waals surface area contributed by atoms with Crippen molar-refractivity contribution in [3.63, 3.8) is 0 Å². The number of benzene rings is 1. The zero-order valence-corrected chi connectivity index (χ0v) is 12.7. The maximum Gasteiger partial charge on any atom is 0.0406 e. The summed E-state index contributed by atoms with van der Waals surface area (Å²) in [6.07, 6.45) is 4.92. The van der Waals surface area contributed by atoms with E-state index in [0.29, 0.717) is 12.1 Å². The van der Waals surface area contributed by atoms with E-state index >= 15 is 0 Å². The molecular weight excluding hydrogens is 256 g/mol. The van der Waals surface area contributed by atoms with Crippen LogP contribution in [0.15, 0.2) is 24.3 Å². The fourth-order valence-corrected chi connectivity index (χ4v) is 3.30. The molecule has 106 valence electrons. The second kappa shape index (κ2) is 6.74. The van der Waals surface area contributed by atoms with Gasteiger partial charge in [-0.15, -0.1) is 0 Å². The first-order valence-corrected chi connectivity index (χ1v) is 7.71. The molecule has 0 amide bonds. The molecule has 0 bridgehead atoms. The zero-order valence-electron chi connectivity index (χ0n) is 12.0. The highest BCUT2D eigenvalue weighted by molar-refractivity contribution is 6.30. The molecule has 1 saturated heterocycles. The van der Waals surface area contributed by atoms with Crippen molar-refractivity contribution in [2.45, 2.75) is 57.7 Å². The highest BCUT2D eigenvalue weighted by Crippen LogP contribution is 2.23. The maximum absolute atomic E-state index is 6.15. The molecule has 0 spiro atoms. The Labute approximate surface area is 121 Å². The quantitative estimate of drug-likeness (QED) is 0.915. The standard InChI is InChI=1S/C16H25ClN2/c1-12(11-14-6-8-15(17)9-7-14)19-10-4-3-5-16(19)13(2)18/h6-9,12-13,16H,3-5,10-11,18H2,1-2H3. The van der Waals surface area contributed by atoms with Gasteiger partial charge in [0.25, 0.3) is 0 Å². The minimum atomic E-state index is 0.257. The van der Waals surface area contributed by atoms with E-state index in [1.807, 2.05) is 12.1 Å². The van der Waals surface area contributed by atoms with Gasteiger partial charge in [-0.2, -0.15) is 0 Å². The SMILES string of the molecule is CC(N)C1CCCCN1C(C)Cc1ccc(Cl)cc1. The third-order valence-electron chi connectivity index (χ3n) is 4.21. The molecule has 1 aliphatic heterocycles. The van der Waals surface area contributed by atoms with Gasteiger partial charge in [-0.25, -0.2) is 0 Å². The van der Waals surface area contributed by atoms with Crippen molar-refractivity contribution in [3.8, 4) is 0 Å². The Balaban J connectivity index is 2.01. The van der Waals surface area contributed by atoms with Crippen LogP contribution in [-0.2, 0) is 6.42 Å². The molecule has 3 atom stereocenters. The molecule has 2 N–H and O–H groups in total. The average Bonchev–Trinajstić information content (AvgIpc) is 2.41. The van der Waals surface area contributed by atoms with E-state index in [4.69, 9.17) is 17.3 Å². The van der Waals surface area contributed by atoms with E-state index in [1.165, 1.54) is 31.4 Å². The summed E-state index contributed by atoms with van der Waals surface area (Å²) >= 11 is 5.93. The topological polar surface area (TPSA) is 29.3 Å². The van der Waals surface area contributed by atoms with Crippen LogP contribution in [0.2, 0.25) is 5.02 Å². The maximum atomic E-state index is 6.15. The molecule has 3 unspecified atom stereocenters. The second-order valence-electron chi connectivity index (χ2n) is 5.84. The van der Waals surface area contributed by atoms with Crippen LogP contribution in [0, 0.1) is 0 Å². The third kappa shape index (κ3) is 3.95. The molecule has 1 fully saturated rings. The summed E-state index contributed by atoms with van der Waals surface area (Å²) in [4.78, 5) is 2.60. The van der Waals surface area contributed by atoms with Gasteiger partial charge in [-0.1, -0.05) is 30.2 Å². The van der Waals surface area contributed by atoms with E-state index in [0.717, 1.165) is 11.4 Å². The Morgan fingerprint density at radius 2 is 1.95 bits per heavy atom. The number of nitrogens with zero attached hydrogens (tertiary/aromatic N) is 1. The summed E-state index contributed by atoms with van der Waals surface area (Å²) in [7, 11) is 0. The summed E-state index contributed by atoms with van der Waals surface area (Å²) in [5.41, 5.74) is 7.50. The molecule has 1 aromatic carbocycles. The predicted molar refractivity (Wildman–Crippen MR) is 82.6 cm³/mol. The van der Waals surface area contributed by atoms with Gasteiger partial charge in [0.05, 0.1) is 0 Å². The average molecular weight is 281 g/mol. The lowest BCUT2D eigenvalue weighted by molar-refractivity contribution is 0.0890. The number of halogens is 1. The van der Waals surface area contributed by atoms with Crippen LogP contribution in [0.5, 0.6) is 0 Å². The van der Waals surface area contributed by atoms with E-state index in [-0.39, 0.29) is 6.04 Å². The number of hydrogen-bond acceptors (Lipinski definition) is 2. The summed E-state index contributed by atoms with van der Waals surface area (Å²) in [5, 5.41) is 0.808. The summed E-state index contributed by atoms with van der Waals surface area (Å²) in [6, 6.07) is 9.54. The number of rotatable bonds is 4. The number of piperidine rings is 1. The fraction of sp³-hybridized carbons (Fsp3) is 0.625. The lowest BCUT2D eigenvalue weighted by atomic mass is 9.93. The van der Waals surface area contributed by atoms with Crippen molar-refractivity contribution in [3.05, 3.63) is 34.9 Å². The van der Waals surface area contributed by atoms with E-state index < -0.39 is 0 Å². The van der Waals surface area contributed by atoms with Crippen LogP contribution in [0.4, 0.5) is 0 Å². The van der Waals surface area contributed by atoms with Crippen LogP contribution in [0.1, 0.15) is 38.7 Å². The summed E-state index contributed by atoms with van der Waals surface area (Å²) in [5.74, 6) is 0. The Morgan fingerprint density at radius 3 is 2.58 bits per heavy atom. The van der Waals surface area contributed by atoms with E-state index in [9.17, 15) is 0 Å². The molecule has 1 heterocycles. The van der Waals surface area contributed by atoms with E-state index in [1.54, 1.807) is 0 Å². The first-order valence-electron chi connectivity index (χ1n) is 7.33. The lowest BCUT2D eigenvalue weighted by Crippen LogP contribution is -2.53. The normalized spacial score (nSPS) is 24.1. The Kier molecular flexibility index (Phi) is 5.26. The fourth-order valence-electron chi connectivity index (χ4n) is 3.17. The van der Waals surface area contributed by atoms with Gasteiger partial charge in [-0.3, -0.25) is 4.90 Å². The lowest BCUT2D eigenvalue weighted by Gasteiger charge is -2.42.